The van der Waals surface area contributed by atoms with E-state index in [4.69, 9.17) is 0 Å². The fraction of sp³-hybridized carbons (Fsp3) is 0.0385. The Morgan fingerprint density at radius 1 is 1.00 bits per heavy atom. The fourth-order valence-electron chi connectivity index (χ4n) is 3.58. The number of fused-ring (bicyclic) bond motifs is 1. The van der Waals surface area contributed by atoms with E-state index in [-0.39, 0.29) is 11.5 Å². The topological polar surface area (TPSA) is 70.7 Å². The summed E-state index contributed by atoms with van der Waals surface area (Å²) >= 11 is 1.33. The number of hydrogen-bond acceptors (Lipinski definition) is 4. The van der Waals surface area contributed by atoms with Gasteiger partial charge < -0.3 is 4.98 Å². The predicted octanol–water partition coefficient (Wildman–Crippen LogP) is 6.88. The monoisotopic (exact) mass is 472 g/mol. The zero-order valence-corrected chi connectivity index (χ0v) is 18.6. The molecule has 0 bridgehead atoms. The Morgan fingerprint density at radius 2 is 1.76 bits per heavy atom. The molecule has 0 spiro atoms. The van der Waals surface area contributed by atoms with Crippen LogP contribution in [0.3, 0.4) is 0 Å². The van der Waals surface area contributed by atoms with Gasteiger partial charge in [-0.05, 0) is 24.3 Å². The van der Waals surface area contributed by atoms with E-state index < -0.39 is 5.92 Å². The van der Waals surface area contributed by atoms with Gasteiger partial charge in [-0.15, -0.1) is 11.3 Å². The minimum absolute atomic E-state index is 0.184. The number of nitrogens with one attached hydrogen (secondary N) is 2. The summed E-state index contributed by atoms with van der Waals surface area (Å²) in [5, 5.41) is 5.18. The van der Waals surface area contributed by atoms with Gasteiger partial charge in [0.25, 0.3) is 11.8 Å². The highest BCUT2D eigenvalue weighted by Crippen LogP contribution is 2.32. The predicted molar refractivity (Wildman–Crippen MR) is 131 cm³/mol. The average Bonchev–Trinajstić information content (AvgIpc) is 3.52. The summed E-state index contributed by atoms with van der Waals surface area (Å²) < 4.78 is 28.1. The number of nitrogens with zero attached hydrogens (tertiary/aromatic N) is 2. The highest BCUT2D eigenvalue weighted by Gasteiger charge is 2.27. The molecule has 2 aromatic heterocycles. The number of thiazole rings is 1. The van der Waals surface area contributed by atoms with E-state index in [2.05, 4.69) is 26.8 Å². The van der Waals surface area contributed by atoms with Crippen molar-refractivity contribution in [3.8, 4) is 22.6 Å². The first kappa shape index (κ1) is 21.7. The maximum atomic E-state index is 14.1. The third-order valence-corrected chi connectivity index (χ3v) is 6.09. The number of rotatable bonds is 6. The van der Waals surface area contributed by atoms with Crippen LogP contribution in [0.15, 0.2) is 90.8 Å². The largest absolute Gasteiger partial charge is 0.338 e. The fourth-order valence-corrected chi connectivity index (χ4v) is 4.30. The van der Waals surface area contributed by atoms with Crippen molar-refractivity contribution in [2.75, 3.05) is 5.32 Å². The summed E-state index contributed by atoms with van der Waals surface area (Å²) in [5.41, 5.74) is 3.44. The smallest absolute Gasteiger partial charge is 0.291 e. The molecular formula is C26H18F2N4OS. The first-order valence-corrected chi connectivity index (χ1v) is 11.3. The molecule has 0 saturated heterocycles. The highest BCUT2D eigenvalue weighted by atomic mass is 32.1. The van der Waals surface area contributed by atoms with Gasteiger partial charge in [-0.1, -0.05) is 61.2 Å². The Balaban J connectivity index is 1.44. The van der Waals surface area contributed by atoms with Crippen molar-refractivity contribution in [2.24, 2.45) is 0 Å². The van der Waals surface area contributed by atoms with Crippen molar-refractivity contribution >= 4 is 33.4 Å². The summed E-state index contributed by atoms with van der Waals surface area (Å²) in [5.74, 6) is -3.12. The standard InChI is InChI=1S/C26H18F2N4OS/c1-2-26(27,28)18-11-6-10-17(14-18)23-29-20-13-7-12-19(22(20)31-23)24(33)32-25-30-21(15-34-25)16-8-4-3-5-9-16/h2-15H,1H2,(H,29,31)(H,30,32,33). The Kier molecular flexibility index (Phi) is 5.51. The second-order valence-corrected chi connectivity index (χ2v) is 8.41. The third kappa shape index (κ3) is 4.11. The lowest BCUT2D eigenvalue weighted by molar-refractivity contribution is 0.0526. The maximum absolute atomic E-state index is 14.1. The van der Waals surface area contributed by atoms with Gasteiger partial charge in [0, 0.05) is 22.1 Å². The average molecular weight is 473 g/mol. The number of H-pyrrole nitrogens is 1. The van der Waals surface area contributed by atoms with Gasteiger partial charge in [-0.25, -0.2) is 9.97 Å². The second-order valence-electron chi connectivity index (χ2n) is 7.55. The van der Waals surface area contributed by atoms with Crippen LogP contribution in [0.4, 0.5) is 13.9 Å². The van der Waals surface area contributed by atoms with Crippen LogP contribution < -0.4 is 5.32 Å². The zero-order chi connectivity index (χ0) is 23.7. The molecule has 0 fully saturated rings. The summed E-state index contributed by atoms with van der Waals surface area (Å²) in [6.45, 7) is 3.21. The Morgan fingerprint density at radius 3 is 2.56 bits per heavy atom. The Hall–Kier alpha value is -4.17. The zero-order valence-electron chi connectivity index (χ0n) is 17.8. The van der Waals surface area contributed by atoms with E-state index in [1.807, 2.05) is 35.7 Å². The molecule has 0 aliphatic rings. The van der Waals surface area contributed by atoms with Crippen molar-refractivity contribution in [2.45, 2.75) is 5.92 Å². The Labute approximate surface area is 197 Å². The second kappa shape index (κ2) is 8.64. The van der Waals surface area contributed by atoms with Gasteiger partial charge in [0.05, 0.1) is 16.8 Å². The lowest BCUT2D eigenvalue weighted by atomic mass is 10.0. The number of alkyl halides is 2. The summed E-state index contributed by atoms with van der Waals surface area (Å²) in [6, 6.07) is 20.8. The maximum Gasteiger partial charge on any atom is 0.291 e. The number of aromatic amines is 1. The molecule has 3 aromatic carbocycles. The number of allylic oxidation sites excluding steroid dienone is 1. The quantitative estimate of drug-likeness (QED) is 0.265. The van der Waals surface area contributed by atoms with Crippen LogP contribution in [-0.2, 0) is 5.92 Å². The lowest BCUT2D eigenvalue weighted by Crippen LogP contribution is -2.12. The minimum Gasteiger partial charge on any atom is -0.338 e. The number of carbonyl (C=O) groups is 1. The number of imidazole rings is 1. The van der Waals surface area contributed by atoms with Crippen LogP contribution >= 0.6 is 11.3 Å². The van der Waals surface area contributed by atoms with E-state index >= 15 is 0 Å². The molecule has 0 radical (unpaired) electrons. The molecule has 2 N–H and O–H groups in total. The molecule has 5 aromatic rings. The summed E-state index contributed by atoms with van der Waals surface area (Å²) in [4.78, 5) is 25.2. The van der Waals surface area contributed by atoms with Gasteiger partial charge in [-0.3, -0.25) is 10.1 Å². The van der Waals surface area contributed by atoms with Crippen LogP contribution in [0.2, 0.25) is 0 Å². The number of amides is 1. The molecule has 0 aliphatic carbocycles. The van der Waals surface area contributed by atoms with Gasteiger partial charge in [0.2, 0.25) is 0 Å². The molecule has 5 rings (SSSR count). The van der Waals surface area contributed by atoms with Crippen LogP contribution in [0, 0.1) is 0 Å². The molecule has 1 amide bonds. The van der Waals surface area contributed by atoms with E-state index in [0.717, 1.165) is 11.3 Å². The molecule has 168 valence electrons. The summed E-state index contributed by atoms with van der Waals surface area (Å²) in [6.07, 6.45) is 0.606. The van der Waals surface area contributed by atoms with Crippen LogP contribution in [0.25, 0.3) is 33.7 Å². The van der Waals surface area contributed by atoms with E-state index in [0.29, 0.717) is 39.2 Å². The number of para-hydroxylation sites is 1. The van der Waals surface area contributed by atoms with Crippen LogP contribution in [0.5, 0.6) is 0 Å². The van der Waals surface area contributed by atoms with Crippen molar-refractivity contribution in [3.05, 3.63) is 102 Å². The number of aromatic nitrogens is 3. The minimum atomic E-state index is -3.15. The molecule has 0 aliphatic heterocycles. The number of hydrogen-bond donors (Lipinski definition) is 2. The third-order valence-electron chi connectivity index (χ3n) is 5.33. The van der Waals surface area contributed by atoms with Gasteiger partial charge in [0.1, 0.15) is 11.3 Å². The van der Waals surface area contributed by atoms with Crippen LogP contribution in [-0.4, -0.2) is 20.9 Å². The van der Waals surface area contributed by atoms with Crippen molar-refractivity contribution in [3.63, 3.8) is 0 Å². The number of anilines is 1. The van der Waals surface area contributed by atoms with Crippen LogP contribution in [0.1, 0.15) is 15.9 Å². The first-order valence-electron chi connectivity index (χ1n) is 10.4. The van der Waals surface area contributed by atoms with Crippen molar-refractivity contribution < 1.29 is 13.6 Å². The molecule has 0 unspecified atom stereocenters. The summed E-state index contributed by atoms with van der Waals surface area (Å²) in [7, 11) is 0. The van der Waals surface area contributed by atoms with Gasteiger partial charge in [-0.2, -0.15) is 8.78 Å². The molecule has 5 nitrogen and oxygen atoms in total. The van der Waals surface area contributed by atoms with Gasteiger partial charge in [0.15, 0.2) is 5.13 Å². The molecule has 2 heterocycles. The van der Waals surface area contributed by atoms with Crippen molar-refractivity contribution in [1.82, 2.24) is 15.0 Å². The lowest BCUT2D eigenvalue weighted by Gasteiger charge is -2.12. The normalized spacial score (nSPS) is 11.5. The first-order chi connectivity index (χ1) is 16.4. The van der Waals surface area contributed by atoms with Gasteiger partial charge >= 0.3 is 0 Å². The van der Waals surface area contributed by atoms with E-state index in [1.165, 1.54) is 29.5 Å². The molecule has 34 heavy (non-hydrogen) atoms. The van der Waals surface area contributed by atoms with Crippen molar-refractivity contribution in [1.29, 1.82) is 0 Å². The number of benzene rings is 3. The molecule has 8 heteroatoms. The molecule has 0 saturated carbocycles. The number of halogens is 2. The van der Waals surface area contributed by atoms with E-state index in [1.54, 1.807) is 24.3 Å². The number of carbonyl (C=O) groups excluding carboxylic acids is 1. The van der Waals surface area contributed by atoms with E-state index in [9.17, 15) is 13.6 Å². The Bertz CT molecular complexity index is 1510. The molecule has 0 atom stereocenters. The molecular weight excluding hydrogens is 454 g/mol. The SMILES string of the molecule is C=CC(F)(F)c1cccc(-c2nc3c(C(=O)Nc4nc(-c5ccccc5)cs4)cccc3[nH]2)c1. The highest BCUT2D eigenvalue weighted by molar-refractivity contribution is 7.14.